The van der Waals surface area contributed by atoms with Gasteiger partial charge < -0.3 is 14.6 Å². The monoisotopic (exact) mass is 366 g/mol. The van der Waals surface area contributed by atoms with Gasteiger partial charge in [0.15, 0.2) is 0 Å². The van der Waals surface area contributed by atoms with E-state index < -0.39 is 5.60 Å². The average molecular weight is 367 g/mol. The van der Waals surface area contributed by atoms with Crippen molar-refractivity contribution in [1.29, 1.82) is 0 Å². The molecule has 3 atom stereocenters. The summed E-state index contributed by atoms with van der Waals surface area (Å²) in [6.07, 6.45) is 5.58. The van der Waals surface area contributed by atoms with Gasteiger partial charge in [0.05, 0.1) is 12.2 Å². The molecule has 5 heteroatoms. The lowest BCUT2D eigenvalue weighted by Crippen LogP contribution is -2.30. The zero-order chi connectivity index (χ0) is 18.0. The highest BCUT2D eigenvalue weighted by Crippen LogP contribution is 2.47. The number of unbranched alkanes of at least 4 members (excludes halogenated alkanes) is 1. The Balaban J connectivity index is 4.42. The van der Waals surface area contributed by atoms with Crippen molar-refractivity contribution >= 4 is 21.6 Å². The minimum Gasteiger partial charge on any atom is -0.390 e. The SMILES string of the molecule is CCCCOC(C)(CC)SSC(C)(CC)OCCC(C)(O)CC. The van der Waals surface area contributed by atoms with Crippen molar-refractivity contribution in [1.82, 2.24) is 0 Å². The summed E-state index contributed by atoms with van der Waals surface area (Å²) in [6, 6.07) is 0. The maximum atomic E-state index is 10.1. The first-order valence-corrected chi connectivity index (χ1v) is 11.2. The second-order valence-corrected chi connectivity index (χ2v) is 9.85. The maximum Gasteiger partial charge on any atom is 0.120 e. The van der Waals surface area contributed by atoms with Crippen LogP contribution in [0, 0.1) is 0 Å². The number of hydrogen-bond acceptors (Lipinski definition) is 5. The Labute approximate surface area is 152 Å². The first kappa shape index (κ1) is 23.6. The molecule has 0 aliphatic heterocycles. The van der Waals surface area contributed by atoms with E-state index in [1.807, 2.05) is 13.8 Å². The molecule has 0 bridgehead atoms. The third-order valence-electron chi connectivity index (χ3n) is 4.39. The van der Waals surface area contributed by atoms with Gasteiger partial charge in [0.1, 0.15) is 9.87 Å². The molecular formula is C18H38O3S2. The van der Waals surface area contributed by atoms with Gasteiger partial charge in [-0.15, -0.1) is 0 Å². The van der Waals surface area contributed by atoms with Crippen LogP contribution in [0.15, 0.2) is 0 Å². The van der Waals surface area contributed by atoms with E-state index in [1.54, 1.807) is 21.6 Å². The average Bonchev–Trinajstić information content (AvgIpc) is 2.53. The lowest BCUT2D eigenvalue weighted by Gasteiger charge is -2.34. The minimum atomic E-state index is -0.631. The van der Waals surface area contributed by atoms with Crippen LogP contribution in [0.5, 0.6) is 0 Å². The molecule has 0 spiro atoms. The van der Waals surface area contributed by atoms with Gasteiger partial charge in [-0.2, -0.15) is 0 Å². The molecule has 1 N–H and O–H groups in total. The van der Waals surface area contributed by atoms with Gasteiger partial charge in [-0.3, -0.25) is 0 Å². The smallest absolute Gasteiger partial charge is 0.120 e. The van der Waals surface area contributed by atoms with Crippen molar-refractivity contribution < 1.29 is 14.6 Å². The molecule has 3 unspecified atom stereocenters. The van der Waals surface area contributed by atoms with Crippen LogP contribution in [0.3, 0.4) is 0 Å². The third-order valence-corrected chi connectivity index (χ3v) is 8.36. The zero-order valence-corrected chi connectivity index (χ0v) is 17.9. The number of aliphatic hydroxyl groups is 1. The van der Waals surface area contributed by atoms with Crippen LogP contribution in [0.1, 0.15) is 87.0 Å². The first-order valence-electron chi connectivity index (χ1n) is 9.03. The quantitative estimate of drug-likeness (QED) is 0.232. The fourth-order valence-electron chi connectivity index (χ4n) is 1.64. The summed E-state index contributed by atoms with van der Waals surface area (Å²) >= 11 is 0. The Morgan fingerprint density at radius 1 is 0.783 bits per heavy atom. The summed E-state index contributed by atoms with van der Waals surface area (Å²) < 4.78 is 12.2. The molecule has 0 heterocycles. The van der Waals surface area contributed by atoms with Gasteiger partial charge in [0.25, 0.3) is 0 Å². The van der Waals surface area contributed by atoms with E-state index in [-0.39, 0.29) is 9.87 Å². The van der Waals surface area contributed by atoms with E-state index in [0.29, 0.717) is 13.0 Å². The van der Waals surface area contributed by atoms with Gasteiger partial charge in [-0.05, 0) is 52.9 Å². The number of hydrogen-bond donors (Lipinski definition) is 1. The van der Waals surface area contributed by atoms with Crippen LogP contribution in [0.4, 0.5) is 0 Å². The fraction of sp³-hybridized carbons (Fsp3) is 1.00. The summed E-state index contributed by atoms with van der Waals surface area (Å²) in [5.74, 6) is 0. The standard InChI is InChI=1S/C18H38O3S2/c1-8-12-14-20-17(6,10-3)22-23-18(7,11-4)21-15-13-16(5,19)9-2/h19H,8-15H2,1-7H3. The zero-order valence-electron chi connectivity index (χ0n) is 16.2. The number of ether oxygens (including phenoxy) is 2. The van der Waals surface area contributed by atoms with E-state index in [0.717, 1.165) is 38.7 Å². The molecule has 0 fully saturated rings. The Bertz CT molecular complexity index is 313. The van der Waals surface area contributed by atoms with Crippen molar-refractivity contribution in [3.8, 4) is 0 Å². The van der Waals surface area contributed by atoms with E-state index in [9.17, 15) is 5.11 Å². The second kappa shape index (κ2) is 11.2. The Morgan fingerprint density at radius 2 is 1.26 bits per heavy atom. The van der Waals surface area contributed by atoms with Crippen LogP contribution in [0.2, 0.25) is 0 Å². The Hall–Kier alpha value is 0.580. The molecule has 140 valence electrons. The molecule has 3 nitrogen and oxygen atoms in total. The molecule has 23 heavy (non-hydrogen) atoms. The van der Waals surface area contributed by atoms with Crippen LogP contribution >= 0.6 is 21.6 Å². The van der Waals surface area contributed by atoms with Gasteiger partial charge in [0, 0.05) is 6.61 Å². The molecule has 0 aromatic rings. The summed E-state index contributed by atoms with van der Waals surface area (Å²) in [5, 5.41) is 10.1. The molecule has 0 aliphatic carbocycles. The lowest BCUT2D eigenvalue weighted by molar-refractivity contribution is -0.0200. The molecule has 0 amide bonds. The molecule has 0 aliphatic rings. The largest absolute Gasteiger partial charge is 0.390 e. The van der Waals surface area contributed by atoms with Gasteiger partial charge >= 0.3 is 0 Å². The van der Waals surface area contributed by atoms with Crippen molar-refractivity contribution in [2.75, 3.05) is 13.2 Å². The molecule has 0 aromatic carbocycles. The maximum absolute atomic E-state index is 10.1. The molecular weight excluding hydrogens is 328 g/mol. The summed E-state index contributed by atoms with van der Waals surface area (Å²) in [4.78, 5) is -0.423. The lowest BCUT2D eigenvalue weighted by atomic mass is 10.0. The molecule has 0 rings (SSSR count). The highest BCUT2D eigenvalue weighted by molar-refractivity contribution is 8.77. The van der Waals surface area contributed by atoms with E-state index in [1.165, 1.54) is 0 Å². The molecule has 0 radical (unpaired) electrons. The Kier molecular flexibility index (Phi) is 11.5. The highest BCUT2D eigenvalue weighted by atomic mass is 33.1. The van der Waals surface area contributed by atoms with Gasteiger partial charge in [-0.1, -0.05) is 55.7 Å². The Morgan fingerprint density at radius 3 is 1.65 bits per heavy atom. The molecule has 0 aromatic heterocycles. The van der Waals surface area contributed by atoms with Gasteiger partial charge in [-0.25, -0.2) is 0 Å². The second-order valence-electron chi connectivity index (χ2n) is 6.79. The topological polar surface area (TPSA) is 38.7 Å². The molecule has 0 saturated carbocycles. The predicted octanol–water partition coefficient (Wildman–Crippen LogP) is 6.00. The summed E-state index contributed by atoms with van der Waals surface area (Å²) in [7, 11) is 3.54. The van der Waals surface area contributed by atoms with Crippen molar-refractivity contribution in [3.05, 3.63) is 0 Å². The van der Waals surface area contributed by atoms with Crippen LogP contribution in [-0.2, 0) is 9.47 Å². The van der Waals surface area contributed by atoms with Crippen LogP contribution < -0.4 is 0 Å². The normalized spacial score (nSPS) is 19.8. The molecule has 0 saturated heterocycles. The third kappa shape index (κ3) is 10.2. The summed E-state index contributed by atoms with van der Waals surface area (Å²) in [5.41, 5.74) is -0.631. The number of rotatable bonds is 14. The first-order chi connectivity index (χ1) is 10.7. The minimum absolute atomic E-state index is 0.172. The predicted molar refractivity (Wildman–Crippen MR) is 105 cm³/mol. The van der Waals surface area contributed by atoms with E-state index >= 15 is 0 Å². The van der Waals surface area contributed by atoms with Crippen LogP contribution in [-0.4, -0.2) is 33.8 Å². The van der Waals surface area contributed by atoms with E-state index in [4.69, 9.17) is 9.47 Å². The summed E-state index contributed by atoms with van der Waals surface area (Å²) in [6.45, 7) is 16.1. The van der Waals surface area contributed by atoms with Crippen LogP contribution in [0.25, 0.3) is 0 Å². The van der Waals surface area contributed by atoms with E-state index in [2.05, 4.69) is 34.6 Å². The van der Waals surface area contributed by atoms with Gasteiger partial charge in [0.2, 0.25) is 0 Å². The van der Waals surface area contributed by atoms with Crippen molar-refractivity contribution in [3.63, 3.8) is 0 Å². The van der Waals surface area contributed by atoms with Crippen molar-refractivity contribution in [2.45, 2.75) is 102 Å². The fourth-order valence-corrected chi connectivity index (χ4v) is 4.55. The van der Waals surface area contributed by atoms with Crippen molar-refractivity contribution in [2.24, 2.45) is 0 Å². The highest BCUT2D eigenvalue weighted by Gasteiger charge is 2.32.